The minimum Gasteiger partial charge on any atom is -0.394 e. The van der Waals surface area contributed by atoms with Gasteiger partial charge in [0, 0.05) is 29.5 Å². The first-order valence-electron chi connectivity index (χ1n) is 8.51. The number of aromatic nitrogens is 1. The predicted octanol–water partition coefficient (Wildman–Crippen LogP) is 3.28. The lowest BCUT2D eigenvalue weighted by Crippen LogP contribution is -2.47. The van der Waals surface area contributed by atoms with Crippen molar-refractivity contribution in [2.75, 3.05) is 31.3 Å². The number of halogens is 1. The van der Waals surface area contributed by atoms with E-state index in [0.29, 0.717) is 18.6 Å². The highest BCUT2D eigenvalue weighted by molar-refractivity contribution is 5.85. The van der Waals surface area contributed by atoms with Crippen LogP contribution in [0.15, 0.2) is 48.7 Å². The summed E-state index contributed by atoms with van der Waals surface area (Å²) in [6.07, 6.45) is 1.91. The van der Waals surface area contributed by atoms with Crippen LogP contribution in [-0.4, -0.2) is 42.1 Å². The van der Waals surface area contributed by atoms with Crippen molar-refractivity contribution < 1.29 is 14.2 Å². The van der Waals surface area contributed by atoms with Gasteiger partial charge < -0.3 is 19.3 Å². The number of rotatable bonds is 3. The fourth-order valence-electron chi connectivity index (χ4n) is 3.58. The van der Waals surface area contributed by atoms with Crippen LogP contribution in [0.4, 0.5) is 10.1 Å². The smallest absolute Gasteiger partial charge is 0.132 e. The van der Waals surface area contributed by atoms with Crippen molar-refractivity contribution in [3.05, 3.63) is 60.0 Å². The molecule has 0 aliphatic carbocycles. The molecule has 130 valence electrons. The molecule has 1 N–H and O–H groups in total. The lowest BCUT2D eigenvalue weighted by Gasteiger charge is -2.36. The number of morpholine rings is 1. The number of nitrogens with zero attached hydrogens (tertiary/aromatic N) is 2. The molecule has 1 fully saturated rings. The molecule has 5 heteroatoms. The quantitative estimate of drug-likeness (QED) is 0.795. The Morgan fingerprint density at radius 2 is 2.04 bits per heavy atom. The van der Waals surface area contributed by atoms with Gasteiger partial charge in [0.25, 0.3) is 0 Å². The highest BCUT2D eigenvalue weighted by Gasteiger charge is 2.23. The second-order valence-electron chi connectivity index (χ2n) is 6.44. The Morgan fingerprint density at radius 1 is 1.20 bits per heavy atom. The number of benzene rings is 2. The predicted molar refractivity (Wildman–Crippen MR) is 97.0 cm³/mol. The number of aryl methyl sites for hydroxylation is 1. The van der Waals surface area contributed by atoms with Crippen molar-refractivity contribution in [1.82, 2.24) is 4.57 Å². The van der Waals surface area contributed by atoms with Gasteiger partial charge >= 0.3 is 0 Å². The zero-order chi connectivity index (χ0) is 17.4. The maximum atomic E-state index is 14.1. The standard InChI is InChI=1S/C20H21FN2O2/c1-14-5-6-19(21)18-7-8-23(20(14)18)16-4-2-3-15(11-16)22-9-10-25-13-17(22)12-24/h2-8,11,17,24H,9-10,12-13H2,1H3. The van der Waals surface area contributed by atoms with Gasteiger partial charge in [0.2, 0.25) is 0 Å². The minimum atomic E-state index is -0.205. The van der Waals surface area contributed by atoms with Gasteiger partial charge in [-0.25, -0.2) is 4.39 Å². The van der Waals surface area contributed by atoms with Crippen LogP contribution in [0.25, 0.3) is 16.6 Å². The third-order valence-corrected chi connectivity index (χ3v) is 4.87. The molecule has 3 aromatic rings. The minimum absolute atomic E-state index is 0.0374. The van der Waals surface area contributed by atoms with Crippen LogP contribution in [-0.2, 0) is 4.74 Å². The summed E-state index contributed by atoms with van der Waals surface area (Å²) in [5, 5.41) is 10.2. The fraction of sp³-hybridized carbons (Fsp3) is 0.300. The van der Waals surface area contributed by atoms with E-state index < -0.39 is 0 Å². The second kappa shape index (κ2) is 6.50. The van der Waals surface area contributed by atoms with Gasteiger partial charge in [-0.3, -0.25) is 0 Å². The number of fused-ring (bicyclic) bond motifs is 1. The number of aliphatic hydroxyl groups excluding tert-OH is 1. The average Bonchev–Trinajstić information content (AvgIpc) is 3.11. The molecule has 0 spiro atoms. The molecule has 2 aromatic carbocycles. The third-order valence-electron chi connectivity index (χ3n) is 4.87. The summed E-state index contributed by atoms with van der Waals surface area (Å²) in [4.78, 5) is 2.17. The SMILES string of the molecule is Cc1ccc(F)c2ccn(-c3cccc(N4CCOCC4CO)c3)c12. The molecular formula is C20H21FN2O2. The van der Waals surface area contributed by atoms with Crippen molar-refractivity contribution in [1.29, 1.82) is 0 Å². The first kappa shape index (κ1) is 16.1. The number of anilines is 1. The van der Waals surface area contributed by atoms with Gasteiger partial charge in [-0.2, -0.15) is 0 Å². The van der Waals surface area contributed by atoms with Crippen LogP contribution in [0, 0.1) is 12.7 Å². The number of hydrogen-bond donors (Lipinski definition) is 1. The van der Waals surface area contributed by atoms with Gasteiger partial charge in [0.1, 0.15) is 5.82 Å². The van der Waals surface area contributed by atoms with Crippen molar-refractivity contribution in [3.8, 4) is 5.69 Å². The van der Waals surface area contributed by atoms with Gasteiger partial charge in [0.05, 0.1) is 31.4 Å². The van der Waals surface area contributed by atoms with Crippen LogP contribution in [0.3, 0.4) is 0 Å². The van der Waals surface area contributed by atoms with E-state index in [0.717, 1.165) is 29.0 Å². The van der Waals surface area contributed by atoms with Crippen LogP contribution in [0.5, 0.6) is 0 Å². The molecule has 0 radical (unpaired) electrons. The van der Waals surface area contributed by atoms with Crippen LogP contribution in [0.1, 0.15) is 5.56 Å². The second-order valence-corrected chi connectivity index (χ2v) is 6.44. The Bertz CT molecular complexity index is 906. The molecule has 1 saturated heterocycles. The van der Waals surface area contributed by atoms with Gasteiger partial charge in [-0.05, 0) is 42.8 Å². The molecule has 4 rings (SSSR count). The molecule has 1 unspecified atom stereocenters. The summed E-state index contributed by atoms with van der Waals surface area (Å²) < 4.78 is 21.6. The maximum Gasteiger partial charge on any atom is 0.132 e. The van der Waals surface area contributed by atoms with Gasteiger partial charge in [0.15, 0.2) is 0 Å². The number of aliphatic hydroxyl groups is 1. The molecule has 1 atom stereocenters. The Labute approximate surface area is 146 Å². The van der Waals surface area contributed by atoms with Crippen molar-refractivity contribution in [3.63, 3.8) is 0 Å². The Morgan fingerprint density at radius 3 is 2.88 bits per heavy atom. The molecule has 1 aromatic heterocycles. The zero-order valence-corrected chi connectivity index (χ0v) is 14.2. The van der Waals surface area contributed by atoms with Crippen molar-refractivity contribution >= 4 is 16.6 Å². The lowest BCUT2D eigenvalue weighted by atomic mass is 10.1. The van der Waals surface area contributed by atoms with E-state index in [1.807, 2.05) is 48.0 Å². The molecular weight excluding hydrogens is 319 g/mol. The molecule has 0 amide bonds. The average molecular weight is 340 g/mol. The Hall–Kier alpha value is -2.37. The third kappa shape index (κ3) is 2.79. The van der Waals surface area contributed by atoms with E-state index in [2.05, 4.69) is 11.0 Å². The molecule has 0 saturated carbocycles. The fourth-order valence-corrected chi connectivity index (χ4v) is 3.58. The highest BCUT2D eigenvalue weighted by atomic mass is 19.1. The summed E-state index contributed by atoms with van der Waals surface area (Å²) in [6, 6.07) is 13.2. The van der Waals surface area contributed by atoms with Gasteiger partial charge in [-0.1, -0.05) is 12.1 Å². The van der Waals surface area contributed by atoms with E-state index in [4.69, 9.17) is 4.74 Å². The van der Waals surface area contributed by atoms with Crippen molar-refractivity contribution in [2.45, 2.75) is 13.0 Å². The summed E-state index contributed by atoms with van der Waals surface area (Å²) in [5.41, 5.74) is 3.93. The normalized spacial score (nSPS) is 18.0. The number of hydrogen-bond acceptors (Lipinski definition) is 3. The van der Waals surface area contributed by atoms with E-state index in [1.165, 1.54) is 6.07 Å². The van der Waals surface area contributed by atoms with Gasteiger partial charge in [-0.15, -0.1) is 0 Å². The Kier molecular flexibility index (Phi) is 4.19. The van der Waals surface area contributed by atoms with E-state index in [-0.39, 0.29) is 18.5 Å². The highest BCUT2D eigenvalue weighted by Crippen LogP contribution is 2.28. The van der Waals surface area contributed by atoms with Crippen LogP contribution < -0.4 is 4.90 Å². The summed E-state index contributed by atoms with van der Waals surface area (Å²) >= 11 is 0. The number of ether oxygens (including phenoxy) is 1. The molecule has 1 aliphatic rings. The summed E-state index contributed by atoms with van der Waals surface area (Å²) in [5.74, 6) is -0.205. The topological polar surface area (TPSA) is 37.6 Å². The van der Waals surface area contributed by atoms with Crippen molar-refractivity contribution in [2.24, 2.45) is 0 Å². The van der Waals surface area contributed by atoms with E-state index >= 15 is 0 Å². The largest absolute Gasteiger partial charge is 0.394 e. The zero-order valence-electron chi connectivity index (χ0n) is 14.2. The first-order valence-corrected chi connectivity index (χ1v) is 8.51. The summed E-state index contributed by atoms with van der Waals surface area (Å²) in [7, 11) is 0. The first-order chi connectivity index (χ1) is 12.2. The molecule has 2 heterocycles. The maximum absolute atomic E-state index is 14.1. The van der Waals surface area contributed by atoms with Crippen LogP contribution in [0.2, 0.25) is 0 Å². The molecule has 1 aliphatic heterocycles. The molecule has 4 nitrogen and oxygen atoms in total. The Balaban J connectivity index is 1.79. The lowest BCUT2D eigenvalue weighted by molar-refractivity contribution is 0.0727. The summed E-state index contributed by atoms with van der Waals surface area (Å²) in [6.45, 7) is 3.97. The molecule has 25 heavy (non-hydrogen) atoms. The molecule has 0 bridgehead atoms. The van der Waals surface area contributed by atoms with E-state index in [9.17, 15) is 9.50 Å². The van der Waals surface area contributed by atoms with Crippen LogP contribution >= 0.6 is 0 Å². The van der Waals surface area contributed by atoms with E-state index in [1.54, 1.807) is 0 Å². The monoisotopic (exact) mass is 340 g/mol.